The lowest BCUT2D eigenvalue weighted by Gasteiger charge is -2.20. The van der Waals surface area contributed by atoms with Gasteiger partial charge in [-0.1, -0.05) is 23.2 Å². The first-order valence-electron chi connectivity index (χ1n) is 8.25. The summed E-state index contributed by atoms with van der Waals surface area (Å²) >= 11 is 11.5. The number of hydrogen-bond donors (Lipinski definition) is 2. The quantitative estimate of drug-likeness (QED) is 0.345. The highest BCUT2D eigenvalue weighted by Gasteiger charge is 2.18. The normalized spacial score (nSPS) is 11.4. The molecule has 0 aliphatic carbocycles. The maximum Gasteiger partial charge on any atom is 0.412 e. The van der Waals surface area contributed by atoms with Crippen LogP contribution in [0.1, 0.15) is 31.1 Å². The van der Waals surface area contributed by atoms with Gasteiger partial charge in [0.2, 0.25) is 0 Å². The summed E-state index contributed by atoms with van der Waals surface area (Å²) in [5.41, 5.74) is -1.17. The van der Waals surface area contributed by atoms with Gasteiger partial charge in [-0.05, 0) is 39.0 Å². The van der Waals surface area contributed by atoms with Gasteiger partial charge in [-0.15, -0.1) is 0 Å². The van der Waals surface area contributed by atoms with E-state index in [0.29, 0.717) is 6.07 Å². The molecule has 1 aromatic carbocycles. The Balaban J connectivity index is 2.13. The highest BCUT2D eigenvalue weighted by Crippen LogP contribution is 2.24. The van der Waals surface area contributed by atoms with Gasteiger partial charge in [0.15, 0.2) is 5.78 Å². The first kappa shape index (κ1) is 22.6. The topological polar surface area (TPSA) is 80.3 Å². The minimum Gasteiger partial charge on any atom is -0.444 e. The summed E-state index contributed by atoms with van der Waals surface area (Å²) in [7, 11) is 0. The maximum atomic E-state index is 14.0. The minimum atomic E-state index is -0.988. The SMILES string of the molecule is CC(C)(C)OC(=O)Nc1cc(NC=CC(=O)c2ccc(Cl)nc2Cl)c(F)cc1F. The third-order valence-corrected chi connectivity index (χ3v) is 3.74. The van der Waals surface area contributed by atoms with Crippen LogP contribution in [0.5, 0.6) is 0 Å². The van der Waals surface area contributed by atoms with Gasteiger partial charge in [-0.25, -0.2) is 18.6 Å². The standard InChI is InChI=1S/C19H17Cl2F2N3O3/c1-19(2,3)29-18(28)25-14-9-13(11(22)8-12(14)23)24-7-6-15(27)10-4-5-16(20)26-17(10)21/h4-9,24H,1-3H3,(H,25,28). The summed E-state index contributed by atoms with van der Waals surface area (Å²) in [6.45, 7) is 4.93. The van der Waals surface area contributed by atoms with Crippen molar-refractivity contribution in [2.75, 3.05) is 10.6 Å². The second-order valence-corrected chi connectivity index (χ2v) is 7.50. The van der Waals surface area contributed by atoms with Crippen molar-refractivity contribution in [1.29, 1.82) is 0 Å². The van der Waals surface area contributed by atoms with E-state index < -0.39 is 29.1 Å². The Bertz CT molecular complexity index is 976. The molecule has 1 heterocycles. The number of halogens is 4. The molecule has 0 atom stereocenters. The van der Waals surface area contributed by atoms with E-state index in [4.69, 9.17) is 27.9 Å². The van der Waals surface area contributed by atoms with Crippen LogP contribution in [-0.4, -0.2) is 22.5 Å². The largest absolute Gasteiger partial charge is 0.444 e. The van der Waals surface area contributed by atoms with Crippen LogP contribution in [0.3, 0.4) is 0 Å². The second kappa shape index (κ2) is 9.19. The number of ketones is 1. The zero-order valence-electron chi connectivity index (χ0n) is 15.6. The predicted octanol–water partition coefficient (Wildman–Crippen LogP) is 5.82. The highest BCUT2D eigenvalue weighted by molar-refractivity contribution is 6.35. The summed E-state index contributed by atoms with van der Waals surface area (Å²) < 4.78 is 32.9. The minimum absolute atomic E-state index is 0.0797. The lowest BCUT2D eigenvalue weighted by molar-refractivity contribution is 0.0635. The summed E-state index contributed by atoms with van der Waals surface area (Å²) in [5.74, 6) is -2.43. The van der Waals surface area contributed by atoms with E-state index in [0.717, 1.165) is 18.3 Å². The summed E-state index contributed by atoms with van der Waals surface area (Å²) in [4.78, 5) is 27.7. The molecule has 0 radical (unpaired) electrons. The number of allylic oxidation sites excluding steroid dienone is 1. The van der Waals surface area contributed by atoms with Crippen molar-refractivity contribution in [2.45, 2.75) is 26.4 Å². The summed E-state index contributed by atoms with van der Waals surface area (Å²) in [5, 5.41) is 4.76. The molecule has 0 saturated carbocycles. The Labute approximate surface area is 175 Å². The molecule has 1 aromatic heterocycles. The maximum absolute atomic E-state index is 14.0. The van der Waals surface area contributed by atoms with Gasteiger partial charge in [-0.3, -0.25) is 10.1 Å². The second-order valence-electron chi connectivity index (χ2n) is 6.75. The van der Waals surface area contributed by atoms with Crippen molar-refractivity contribution < 1.29 is 23.1 Å². The molecular formula is C19H17Cl2F2N3O3. The fraction of sp³-hybridized carbons (Fsp3) is 0.211. The van der Waals surface area contributed by atoms with Gasteiger partial charge in [0.1, 0.15) is 27.5 Å². The fourth-order valence-corrected chi connectivity index (χ4v) is 2.50. The third kappa shape index (κ3) is 6.69. The first-order chi connectivity index (χ1) is 13.5. The Kier molecular flexibility index (Phi) is 7.16. The van der Waals surface area contributed by atoms with Crippen molar-refractivity contribution in [3.63, 3.8) is 0 Å². The fourth-order valence-electron chi connectivity index (χ4n) is 2.06. The number of benzene rings is 1. The van der Waals surface area contributed by atoms with E-state index in [1.807, 2.05) is 0 Å². The molecule has 6 nitrogen and oxygen atoms in total. The predicted molar refractivity (Wildman–Crippen MR) is 108 cm³/mol. The number of nitrogens with zero attached hydrogens (tertiary/aromatic N) is 1. The van der Waals surface area contributed by atoms with Crippen LogP contribution in [0.4, 0.5) is 25.0 Å². The van der Waals surface area contributed by atoms with Crippen LogP contribution < -0.4 is 10.6 Å². The van der Waals surface area contributed by atoms with Crippen LogP contribution in [-0.2, 0) is 4.74 Å². The van der Waals surface area contributed by atoms with E-state index >= 15 is 0 Å². The zero-order valence-corrected chi connectivity index (χ0v) is 17.2. The lowest BCUT2D eigenvalue weighted by atomic mass is 10.2. The molecule has 0 bridgehead atoms. The van der Waals surface area contributed by atoms with Crippen molar-refractivity contribution in [3.8, 4) is 0 Å². The molecule has 2 aromatic rings. The number of hydrogen-bond acceptors (Lipinski definition) is 5. The van der Waals surface area contributed by atoms with Gasteiger partial charge >= 0.3 is 6.09 Å². The van der Waals surface area contributed by atoms with Gasteiger partial charge in [0, 0.05) is 18.3 Å². The number of carbonyl (C=O) groups excluding carboxylic acids is 2. The van der Waals surface area contributed by atoms with Crippen molar-refractivity contribution in [1.82, 2.24) is 4.98 Å². The highest BCUT2D eigenvalue weighted by atomic mass is 35.5. The number of aromatic nitrogens is 1. The number of carbonyl (C=O) groups is 2. The Morgan fingerprint density at radius 2 is 1.76 bits per heavy atom. The van der Waals surface area contributed by atoms with Crippen LogP contribution in [0, 0.1) is 11.6 Å². The van der Waals surface area contributed by atoms with Crippen LogP contribution in [0.15, 0.2) is 36.5 Å². The number of anilines is 2. The molecule has 0 spiro atoms. The summed E-state index contributed by atoms with van der Waals surface area (Å²) in [6, 6.07) is 4.41. The number of amides is 1. The molecule has 154 valence electrons. The van der Waals surface area contributed by atoms with Crippen molar-refractivity contribution in [3.05, 3.63) is 64.0 Å². The van der Waals surface area contributed by atoms with E-state index in [-0.39, 0.29) is 27.2 Å². The van der Waals surface area contributed by atoms with Crippen LogP contribution >= 0.6 is 23.2 Å². The van der Waals surface area contributed by atoms with E-state index in [9.17, 15) is 18.4 Å². The molecule has 1 amide bonds. The molecule has 0 unspecified atom stereocenters. The Hall–Kier alpha value is -2.71. The van der Waals surface area contributed by atoms with E-state index in [2.05, 4.69) is 15.6 Å². The molecule has 0 aliphatic heterocycles. The van der Waals surface area contributed by atoms with Crippen molar-refractivity contribution in [2.24, 2.45) is 0 Å². The molecule has 0 saturated heterocycles. The van der Waals surface area contributed by atoms with Gasteiger partial charge in [0.25, 0.3) is 0 Å². The molecule has 0 fully saturated rings. The van der Waals surface area contributed by atoms with Gasteiger partial charge in [-0.2, -0.15) is 0 Å². The molecular weight excluding hydrogens is 427 g/mol. The third-order valence-electron chi connectivity index (χ3n) is 3.25. The van der Waals surface area contributed by atoms with E-state index in [1.54, 1.807) is 20.8 Å². The summed E-state index contributed by atoms with van der Waals surface area (Å²) in [6.07, 6.45) is 1.33. The number of pyridine rings is 1. The molecule has 0 aliphatic rings. The Morgan fingerprint density at radius 3 is 2.38 bits per heavy atom. The Morgan fingerprint density at radius 1 is 1.10 bits per heavy atom. The number of nitrogens with one attached hydrogen (secondary N) is 2. The zero-order chi connectivity index (χ0) is 21.8. The number of ether oxygens (including phenoxy) is 1. The first-order valence-corrected chi connectivity index (χ1v) is 9.00. The lowest BCUT2D eigenvalue weighted by Crippen LogP contribution is -2.27. The van der Waals surface area contributed by atoms with Gasteiger partial charge in [0.05, 0.1) is 16.9 Å². The molecule has 2 rings (SSSR count). The van der Waals surface area contributed by atoms with Crippen LogP contribution in [0.25, 0.3) is 0 Å². The number of rotatable bonds is 5. The van der Waals surface area contributed by atoms with Crippen LogP contribution in [0.2, 0.25) is 10.3 Å². The molecule has 10 heteroatoms. The average Bonchev–Trinajstić information content (AvgIpc) is 2.56. The molecule has 29 heavy (non-hydrogen) atoms. The monoisotopic (exact) mass is 443 g/mol. The smallest absolute Gasteiger partial charge is 0.412 e. The van der Waals surface area contributed by atoms with Crippen molar-refractivity contribution >= 4 is 46.5 Å². The van der Waals surface area contributed by atoms with Gasteiger partial charge < -0.3 is 10.1 Å². The van der Waals surface area contributed by atoms with E-state index in [1.165, 1.54) is 12.1 Å². The molecule has 2 N–H and O–H groups in total. The average molecular weight is 444 g/mol.